The van der Waals surface area contributed by atoms with Gasteiger partial charge in [-0.05, 0) is 35.7 Å². The second kappa shape index (κ2) is 5.47. The van der Waals surface area contributed by atoms with E-state index in [1.54, 1.807) is 12.1 Å². The lowest BCUT2D eigenvalue weighted by Crippen LogP contribution is -2.03. The lowest BCUT2D eigenvalue weighted by Gasteiger charge is -2.08. The Bertz CT molecular complexity index is 859. The minimum atomic E-state index is -0.610. The van der Waals surface area contributed by atoms with Gasteiger partial charge in [0.2, 0.25) is 0 Å². The van der Waals surface area contributed by atoms with Crippen LogP contribution in [0.4, 0.5) is 4.39 Å². The van der Waals surface area contributed by atoms with Crippen LogP contribution in [-0.2, 0) is 0 Å². The highest BCUT2D eigenvalue weighted by Gasteiger charge is 2.15. The first kappa shape index (κ1) is 14.1. The van der Waals surface area contributed by atoms with E-state index in [0.29, 0.717) is 10.6 Å². The molecule has 0 N–H and O–H groups in total. The van der Waals surface area contributed by atoms with Crippen molar-refractivity contribution in [3.63, 3.8) is 0 Å². The summed E-state index contributed by atoms with van der Waals surface area (Å²) >= 11 is 11.8. The highest BCUT2D eigenvalue weighted by molar-refractivity contribution is 6.36. The quantitative estimate of drug-likeness (QED) is 0.569. The highest BCUT2D eigenvalue weighted by atomic mass is 35.5. The monoisotopic (exact) mass is 318 g/mol. The molecule has 0 saturated heterocycles. The van der Waals surface area contributed by atoms with Gasteiger partial charge in [-0.2, -0.15) is 0 Å². The van der Waals surface area contributed by atoms with Crippen LogP contribution in [-0.4, -0.2) is 5.78 Å². The molecule has 0 aliphatic heterocycles. The van der Waals surface area contributed by atoms with Crippen LogP contribution in [0, 0.1) is 5.82 Å². The molecule has 0 radical (unpaired) electrons. The van der Waals surface area contributed by atoms with E-state index in [-0.39, 0.29) is 16.4 Å². The molecular formula is C17H9Cl2FO. The molecule has 0 saturated carbocycles. The van der Waals surface area contributed by atoms with E-state index >= 15 is 0 Å². The van der Waals surface area contributed by atoms with Gasteiger partial charge in [-0.1, -0.05) is 47.5 Å². The van der Waals surface area contributed by atoms with Gasteiger partial charge in [0.1, 0.15) is 5.82 Å². The van der Waals surface area contributed by atoms with E-state index in [0.717, 1.165) is 16.8 Å². The van der Waals surface area contributed by atoms with Crippen LogP contribution < -0.4 is 0 Å². The van der Waals surface area contributed by atoms with Gasteiger partial charge in [-0.3, -0.25) is 4.79 Å². The molecule has 0 spiro atoms. The van der Waals surface area contributed by atoms with Crippen LogP contribution in [0.1, 0.15) is 15.9 Å². The smallest absolute Gasteiger partial charge is 0.193 e. The number of halogens is 3. The first-order valence-corrected chi connectivity index (χ1v) is 7.00. The molecule has 3 aromatic rings. The number of hydrogen-bond donors (Lipinski definition) is 0. The Balaban J connectivity index is 2.18. The third-order valence-electron chi connectivity index (χ3n) is 3.30. The summed E-state index contributed by atoms with van der Waals surface area (Å²) < 4.78 is 13.5. The number of benzene rings is 3. The molecule has 3 rings (SSSR count). The molecule has 0 heterocycles. The van der Waals surface area contributed by atoms with E-state index in [1.807, 2.05) is 24.3 Å². The number of hydrogen-bond acceptors (Lipinski definition) is 1. The van der Waals surface area contributed by atoms with Crippen molar-refractivity contribution >= 4 is 39.8 Å². The van der Waals surface area contributed by atoms with Crippen molar-refractivity contribution < 1.29 is 9.18 Å². The highest BCUT2D eigenvalue weighted by Crippen LogP contribution is 2.28. The van der Waals surface area contributed by atoms with Crippen LogP contribution in [0.2, 0.25) is 10.0 Å². The van der Waals surface area contributed by atoms with Gasteiger partial charge >= 0.3 is 0 Å². The fraction of sp³-hybridized carbons (Fsp3) is 0. The molecular weight excluding hydrogens is 310 g/mol. The maximum Gasteiger partial charge on any atom is 0.193 e. The minimum absolute atomic E-state index is 0.00693. The van der Waals surface area contributed by atoms with Crippen LogP contribution in [0.3, 0.4) is 0 Å². The van der Waals surface area contributed by atoms with Crippen LogP contribution in [0.5, 0.6) is 0 Å². The summed E-state index contributed by atoms with van der Waals surface area (Å²) in [6, 6.07) is 14.7. The zero-order chi connectivity index (χ0) is 15.0. The topological polar surface area (TPSA) is 17.1 Å². The maximum absolute atomic E-state index is 13.5. The number of fused-ring (bicyclic) bond motifs is 1. The molecule has 1 nitrogen and oxygen atoms in total. The van der Waals surface area contributed by atoms with Crippen LogP contribution in [0.25, 0.3) is 10.8 Å². The second-order valence-corrected chi connectivity index (χ2v) is 5.41. The van der Waals surface area contributed by atoms with E-state index in [9.17, 15) is 9.18 Å². The third kappa shape index (κ3) is 2.53. The summed E-state index contributed by atoms with van der Waals surface area (Å²) in [6.45, 7) is 0. The normalized spacial score (nSPS) is 10.8. The van der Waals surface area contributed by atoms with Crippen molar-refractivity contribution in [3.05, 3.63) is 81.6 Å². The Morgan fingerprint density at radius 1 is 0.857 bits per heavy atom. The first-order valence-electron chi connectivity index (χ1n) is 6.25. The summed E-state index contributed by atoms with van der Waals surface area (Å²) in [5.74, 6) is -0.876. The molecule has 0 unspecified atom stereocenters. The number of carbonyl (C=O) groups excluding carboxylic acids is 1. The molecule has 0 fully saturated rings. The van der Waals surface area contributed by atoms with Crippen molar-refractivity contribution in [2.45, 2.75) is 0 Å². The Hall–Kier alpha value is -1.90. The Morgan fingerprint density at radius 2 is 1.52 bits per heavy atom. The molecule has 21 heavy (non-hydrogen) atoms. The van der Waals surface area contributed by atoms with Crippen LogP contribution in [0.15, 0.2) is 54.6 Å². The predicted molar refractivity (Wildman–Crippen MR) is 83.8 cm³/mol. The second-order valence-electron chi connectivity index (χ2n) is 4.60. The van der Waals surface area contributed by atoms with Crippen molar-refractivity contribution in [2.24, 2.45) is 0 Å². The first-order chi connectivity index (χ1) is 10.1. The predicted octanol–water partition coefficient (Wildman–Crippen LogP) is 5.52. The molecule has 4 heteroatoms. The SMILES string of the molecule is O=C(c1ccc(Cl)c(F)c1)c1ccc(Cl)c2ccccc12. The largest absolute Gasteiger partial charge is 0.289 e. The van der Waals surface area contributed by atoms with E-state index in [2.05, 4.69) is 0 Å². The average Bonchev–Trinajstić information content (AvgIpc) is 2.50. The van der Waals surface area contributed by atoms with Gasteiger partial charge < -0.3 is 0 Å². The molecule has 0 amide bonds. The Labute approximate surface area is 130 Å². The number of carbonyl (C=O) groups is 1. The maximum atomic E-state index is 13.5. The fourth-order valence-corrected chi connectivity index (χ4v) is 2.60. The standard InChI is InChI=1S/C17H9Cl2FO/c18-14-8-6-13(11-3-1-2-4-12(11)14)17(21)10-5-7-15(19)16(20)9-10/h1-9H. The lowest BCUT2D eigenvalue weighted by molar-refractivity contribution is 0.104. The molecule has 0 aromatic heterocycles. The summed E-state index contributed by atoms with van der Waals surface area (Å²) in [5, 5.41) is 2.10. The molecule has 3 aromatic carbocycles. The van der Waals surface area contributed by atoms with Gasteiger partial charge in [-0.25, -0.2) is 4.39 Å². The summed E-state index contributed by atoms with van der Waals surface area (Å²) in [4.78, 5) is 12.6. The van der Waals surface area contributed by atoms with Gasteiger partial charge in [0.25, 0.3) is 0 Å². The summed E-state index contributed by atoms with van der Waals surface area (Å²) in [6.07, 6.45) is 0. The van der Waals surface area contributed by atoms with E-state index in [1.165, 1.54) is 12.1 Å². The molecule has 0 bridgehead atoms. The molecule has 0 aliphatic rings. The minimum Gasteiger partial charge on any atom is -0.289 e. The Kier molecular flexibility index (Phi) is 3.66. The number of rotatable bonds is 2. The number of ketones is 1. The van der Waals surface area contributed by atoms with E-state index < -0.39 is 5.82 Å². The van der Waals surface area contributed by atoms with Crippen molar-refractivity contribution in [1.82, 2.24) is 0 Å². The zero-order valence-corrected chi connectivity index (χ0v) is 12.3. The van der Waals surface area contributed by atoms with E-state index in [4.69, 9.17) is 23.2 Å². The summed E-state index contributed by atoms with van der Waals surface area (Å²) in [5.41, 5.74) is 0.737. The van der Waals surface area contributed by atoms with Gasteiger partial charge in [-0.15, -0.1) is 0 Å². The lowest BCUT2D eigenvalue weighted by atomic mass is 9.97. The molecule has 0 atom stereocenters. The van der Waals surface area contributed by atoms with Crippen LogP contribution >= 0.6 is 23.2 Å². The van der Waals surface area contributed by atoms with Crippen molar-refractivity contribution in [3.8, 4) is 0 Å². The average molecular weight is 319 g/mol. The Morgan fingerprint density at radius 3 is 2.24 bits per heavy atom. The van der Waals surface area contributed by atoms with Crippen molar-refractivity contribution in [1.29, 1.82) is 0 Å². The summed E-state index contributed by atoms with van der Waals surface area (Å²) in [7, 11) is 0. The third-order valence-corrected chi connectivity index (χ3v) is 3.93. The molecule has 104 valence electrons. The van der Waals surface area contributed by atoms with Gasteiger partial charge in [0.05, 0.1) is 5.02 Å². The van der Waals surface area contributed by atoms with Crippen molar-refractivity contribution in [2.75, 3.05) is 0 Å². The zero-order valence-electron chi connectivity index (χ0n) is 10.7. The van der Waals surface area contributed by atoms with Gasteiger partial charge in [0.15, 0.2) is 5.78 Å². The van der Waals surface area contributed by atoms with Gasteiger partial charge in [0, 0.05) is 21.5 Å². The molecule has 0 aliphatic carbocycles. The fourth-order valence-electron chi connectivity index (χ4n) is 2.25.